The van der Waals surface area contributed by atoms with E-state index in [0.29, 0.717) is 11.2 Å². The lowest BCUT2D eigenvalue weighted by molar-refractivity contribution is 0.166. The van der Waals surface area contributed by atoms with Gasteiger partial charge in [-0.2, -0.15) is 0 Å². The molecule has 1 aliphatic heterocycles. The molecule has 0 aliphatic carbocycles. The lowest BCUT2D eigenvalue weighted by Gasteiger charge is -2.35. The van der Waals surface area contributed by atoms with E-state index in [1.54, 1.807) is 0 Å². The average Bonchev–Trinajstić information content (AvgIpc) is 2.42. The summed E-state index contributed by atoms with van der Waals surface area (Å²) in [5, 5.41) is 3.94. The topological polar surface area (TPSA) is 28.2 Å². The molecule has 1 aromatic rings. The first-order valence-electron chi connectivity index (χ1n) is 6.48. The Morgan fingerprint density at radius 3 is 2.60 bits per heavy atom. The maximum absolute atomic E-state index is 5.86. The second kappa shape index (κ2) is 10.4. The Labute approximate surface area is 138 Å². The van der Waals surface area contributed by atoms with Gasteiger partial charge >= 0.3 is 0 Å². The zero-order valence-electron chi connectivity index (χ0n) is 11.4. The Kier molecular flexibility index (Phi) is 10.2. The van der Waals surface area contributed by atoms with Gasteiger partial charge in [-0.05, 0) is 24.5 Å². The van der Waals surface area contributed by atoms with Crippen LogP contribution in [0.5, 0.6) is 0 Å². The second-order valence-electron chi connectivity index (χ2n) is 4.58. The van der Waals surface area contributed by atoms with E-state index in [-0.39, 0.29) is 24.8 Å². The largest absolute Gasteiger partial charge is 0.314 e. The number of halogens is 3. The van der Waals surface area contributed by atoms with E-state index in [9.17, 15) is 0 Å². The van der Waals surface area contributed by atoms with Gasteiger partial charge in [0.2, 0.25) is 0 Å². The molecule has 0 radical (unpaired) electrons. The molecule has 20 heavy (non-hydrogen) atoms. The van der Waals surface area contributed by atoms with Crippen molar-refractivity contribution in [2.75, 3.05) is 26.2 Å². The Morgan fingerprint density at radius 2 is 2.05 bits per heavy atom. The molecular formula is C14H22Cl3N3. The van der Waals surface area contributed by atoms with Crippen LogP contribution in [0.25, 0.3) is 0 Å². The van der Waals surface area contributed by atoms with Crippen molar-refractivity contribution in [2.24, 2.45) is 0 Å². The van der Waals surface area contributed by atoms with E-state index in [4.69, 9.17) is 11.6 Å². The molecular weight excluding hydrogens is 317 g/mol. The van der Waals surface area contributed by atoms with Crippen molar-refractivity contribution < 1.29 is 0 Å². The van der Waals surface area contributed by atoms with Gasteiger partial charge in [-0.3, -0.25) is 4.90 Å². The van der Waals surface area contributed by atoms with Crippen LogP contribution in [0.15, 0.2) is 31.0 Å². The summed E-state index contributed by atoms with van der Waals surface area (Å²) in [6, 6.07) is 4.39. The van der Waals surface area contributed by atoms with E-state index in [1.165, 1.54) is 5.56 Å². The smallest absolute Gasteiger partial charge is 0.129 e. The molecule has 1 atom stereocenters. The Bertz CT molecular complexity index is 378. The summed E-state index contributed by atoms with van der Waals surface area (Å²) in [5.74, 6) is 0. The van der Waals surface area contributed by atoms with E-state index < -0.39 is 0 Å². The molecule has 0 aromatic carbocycles. The maximum Gasteiger partial charge on any atom is 0.129 e. The van der Waals surface area contributed by atoms with Crippen molar-refractivity contribution in [2.45, 2.75) is 18.9 Å². The summed E-state index contributed by atoms with van der Waals surface area (Å²) >= 11 is 5.86. The summed E-state index contributed by atoms with van der Waals surface area (Å²) in [5.41, 5.74) is 1.25. The molecule has 0 unspecified atom stereocenters. The summed E-state index contributed by atoms with van der Waals surface area (Å²) < 4.78 is 0. The van der Waals surface area contributed by atoms with Gasteiger partial charge in [-0.1, -0.05) is 23.7 Å². The highest BCUT2D eigenvalue weighted by atomic mass is 35.5. The van der Waals surface area contributed by atoms with Crippen LogP contribution in [-0.2, 0) is 0 Å². The first-order valence-corrected chi connectivity index (χ1v) is 6.86. The number of pyridine rings is 1. The van der Waals surface area contributed by atoms with Gasteiger partial charge in [0.05, 0.1) is 0 Å². The zero-order valence-corrected chi connectivity index (χ0v) is 13.8. The number of hydrogen-bond acceptors (Lipinski definition) is 3. The minimum absolute atomic E-state index is 0. The standard InChI is InChI=1S/C14H20ClN3.2ClH/c1-2-3-4-13(18-9-7-16-8-10-18)12-5-6-14(15)17-11-12;;/h2,5-6,11,13,16H,1,3-4,7-10H2;2*1H/t13-;;/m0../s1. The Balaban J connectivity index is 0.00000180. The van der Waals surface area contributed by atoms with Gasteiger partial charge in [-0.25, -0.2) is 4.98 Å². The van der Waals surface area contributed by atoms with Gasteiger partial charge in [0, 0.05) is 38.4 Å². The molecule has 6 heteroatoms. The number of rotatable bonds is 5. The van der Waals surface area contributed by atoms with Crippen LogP contribution in [0.2, 0.25) is 5.15 Å². The van der Waals surface area contributed by atoms with Crippen LogP contribution < -0.4 is 5.32 Å². The molecule has 1 N–H and O–H groups in total. The minimum atomic E-state index is 0. The van der Waals surface area contributed by atoms with Crippen molar-refractivity contribution in [1.29, 1.82) is 0 Å². The first-order chi connectivity index (χ1) is 8.81. The molecule has 2 heterocycles. The number of piperazine rings is 1. The third kappa shape index (κ3) is 5.58. The third-order valence-electron chi connectivity index (χ3n) is 3.37. The molecule has 3 nitrogen and oxygen atoms in total. The third-order valence-corrected chi connectivity index (χ3v) is 3.60. The molecule has 114 valence electrons. The van der Waals surface area contributed by atoms with Crippen LogP contribution in [0.3, 0.4) is 0 Å². The van der Waals surface area contributed by atoms with Crippen molar-refractivity contribution >= 4 is 36.4 Å². The van der Waals surface area contributed by atoms with Crippen LogP contribution in [0.1, 0.15) is 24.4 Å². The first kappa shape index (κ1) is 19.7. The quantitative estimate of drug-likeness (QED) is 0.658. The van der Waals surface area contributed by atoms with Crippen molar-refractivity contribution in [3.05, 3.63) is 41.7 Å². The van der Waals surface area contributed by atoms with Crippen molar-refractivity contribution in [1.82, 2.24) is 15.2 Å². The number of hydrogen-bond donors (Lipinski definition) is 1. The lowest BCUT2D eigenvalue weighted by Crippen LogP contribution is -2.45. The number of aromatic nitrogens is 1. The van der Waals surface area contributed by atoms with Gasteiger partial charge in [0.1, 0.15) is 5.15 Å². The van der Waals surface area contributed by atoms with Gasteiger partial charge in [0.25, 0.3) is 0 Å². The predicted molar refractivity (Wildman–Crippen MR) is 90.4 cm³/mol. The Hall–Kier alpha value is -0.320. The summed E-state index contributed by atoms with van der Waals surface area (Å²) in [7, 11) is 0. The molecule has 1 aliphatic rings. The van der Waals surface area contributed by atoms with Crippen LogP contribution in [-0.4, -0.2) is 36.1 Å². The average molecular weight is 339 g/mol. The molecule has 0 saturated carbocycles. The number of allylic oxidation sites excluding steroid dienone is 1. The maximum atomic E-state index is 5.86. The summed E-state index contributed by atoms with van der Waals surface area (Å²) in [6.45, 7) is 8.12. The van der Waals surface area contributed by atoms with E-state index in [2.05, 4.69) is 27.8 Å². The SMILES string of the molecule is C=CCC[C@@H](c1ccc(Cl)nc1)N1CCNCC1.Cl.Cl. The molecule has 0 bridgehead atoms. The van der Waals surface area contributed by atoms with Crippen molar-refractivity contribution in [3.63, 3.8) is 0 Å². The Morgan fingerprint density at radius 1 is 1.35 bits per heavy atom. The van der Waals surface area contributed by atoms with Crippen LogP contribution in [0, 0.1) is 0 Å². The molecule has 1 fully saturated rings. The van der Waals surface area contributed by atoms with E-state index in [1.807, 2.05) is 18.3 Å². The van der Waals surface area contributed by atoms with Gasteiger partial charge < -0.3 is 5.32 Å². The normalized spacial score (nSPS) is 16.6. The van der Waals surface area contributed by atoms with Crippen LogP contribution in [0.4, 0.5) is 0 Å². The fourth-order valence-electron chi connectivity index (χ4n) is 2.41. The lowest BCUT2D eigenvalue weighted by atomic mass is 10.0. The van der Waals surface area contributed by atoms with Gasteiger partial charge in [0.15, 0.2) is 0 Å². The molecule has 2 rings (SSSR count). The fraction of sp³-hybridized carbons (Fsp3) is 0.500. The second-order valence-corrected chi connectivity index (χ2v) is 4.97. The molecule has 0 amide bonds. The summed E-state index contributed by atoms with van der Waals surface area (Å²) in [6.07, 6.45) is 6.00. The fourth-order valence-corrected chi connectivity index (χ4v) is 2.53. The minimum Gasteiger partial charge on any atom is -0.314 e. The highest BCUT2D eigenvalue weighted by Gasteiger charge is 2.21. The van der Waals surface area contributed by atoms with Gasteiger partial charge in [-0.15, -0.1) is 31.4 Å². The van der Waals surface area contributed by atoms with Crippen LogP contribution >= 0.6 is 36.4 Å². The molecule has 1 aromatic heterocycles. The number of nitrogens with zero attached hydrogens (tertiary/aromatic N) is 2. The number of nitrogens with one attached hydrogen (secondary N) is 1. The predicted octanol–water partition coefficient (Wildman–Crippen LogP) is 3.49. The van der Waals surface area contributed by atoms with Crippen molar-refractivity contribution in [3.8, 4) is 0 Å². The van der Waals surface area contributed by atoms with E-state index in [0.717, 1.165) is 39.0 Å². The molecule has 1 saturated heterocycles. The zero-order chi connectivity index (χ0) is 12.8. The summed E-state index contributed by atoms with van der Waals surface area (Å²) in [4.78, 5) is 6.72. The molecule has 0 spiro atoms. The van der Waals surface area contributed by atoms with E-state index >= 15 is 0 Å². The highest BCUT2D eigenvalue weighted by Crippen LogP contribution is 2.26. The monoisotopic (exact) mass is 337 g/mol. The highest BCUT2D eigenvalue weighted by molar-refractivity contribution is 6.29.